The van der Waals surface area contributed by atoms with Gasteiger partial charge in [-0.25, -0.2) is 0 Å². The van der Waals surface area contributed by atoms with E-state index in [1.54, 1.807) is 6.26 Å². The zero-order valence-corrected chi connectivity index (χ0v) is 12.1. The Morgan fingerprint density at radius 1 is 1.38 bits per heavy atom. The van der Waals surface area contributed by atoms with Crippen LogP contribution in [0.25, 0.3) is 0 Å². The molecule has 1 aromatic carbocycles. The van der Waals surface area contributed by atoms with Crippen LogP contribution in [0.15, 0.2) is 28.7 Å². The van der Waals surface area contributed by atoms with Gasteiger partial charge in [0.15, 0.2) is 0 Å². The summed E-state index contributed by atoms with van der Waals surface area (Å²) in [5.74, 6) is 0.778. The summed E-state index contributed by atoms with van der Waals surface area (Å²) in [4.78, 5) is 0. The molecule has 0 aliphatic heterocycles. The van der Waals surface area contributed by atoms with Crippen LogP contribution in [0.3, 0.4) is 0 Å². The average molecular weight is 304 g/mol. The summed E-state index contributed by atoms with van der Waals surface area (Å²) in [6, 6.07) is 8.67. The number of hydrogen-bond donors (Lipinski definition) is 1. The zero-order valence-electron chi connectivity index (χ0n) is 9.70. The second-order valence-corrected chi connectivity index (χ2v) is 6.33. The summed E-state index contributed by atoms with van der Waals surface area (Å²) < 4.78 is 12.0. The van der Waals surface area contributed by atoms with Crippen LogP contribution < -0.4 is 5.32 Å². The van der Waals surface area contributed by atoms with Crippen LogP contribution in [0.5, 0.6) is 0 Å². The predicted molar refractivity (Wildman–Crippen MR) is 74.1 cm³/mol. The summed E-state index contributed by atoms with van der Waals surface area (Å²) in [6.45, 7) is 3.06. The number of hydrogen-bond acceptors (Lipinski definition) is 2. The van der Waals surface area contributed by atoms with E-state index in [0.717, 1.165) is 23.2 Å². The quantitative estimate of drug-likeness (QED) is 0.819. The minimum atomic E-state index is -0.674. The molecule has 90 valence electrons. The van der Waals surface area contributed by atoms with E-state index in [2.05, 4.69) is 52.4 Å². The first-order chi connectivity index (χ1) is 7.59. The highest BCUT2D eigenvalue weighted by atomic mass is 79.9. The van der Waals surface area contributed by atoms with E-state index in [-0.39, 0.29) is 0 Å². The molecule has 1 N–H and O–H groups in total. The van der Waals surface area contributed by atoms with E-state index in [0.29, 0.717) is 6.04 Å². The first-order valence-corrected chi connectivity index (χ1v) is 7.90. The van der Waals surface area contributed by atoms with Gasteiger partial charge in [-0.2, -0.15) is 0 Å². The predicted octanol–water partition coefficient (Wildman–Crippen LogP) is 2.87. The van der Waals surface area contributed by atoms with Crippen LogP contribution in [-0.4, -0.2) is 22.8 Å². The summed E-state index contributed by atoms with van der Waals surface area (Å²) in [7, 11) is -0.674. The Labute approximate surface area is 108 Å². The maximum atomic E-state index is 10.9. The lowest BCUT2D eigenvalue weighted by Crippen LogP contribution is -2.21. The number of benzene rings is 1. The summed E-state index contributed by atoms with van der Waals surface area (Å²) in [5, 5.41) is 3.42. The Hall–Kier alpha value is -0.190. The van der Waals surface area contributed by atoms with Crippen molar-refractivity contribution < 1.29 is 4.21 Å². The Kier molecular flexibility index (Phi) is 6.24. The fourth-order valence-electron chi connectivity index (χ4n) is 1.46. The molecule has 0 saturated carbocycles. The van der Waals surface area contributed by atoms with Gasteiger partial charge in [-0.15, -0.1) is 0 Å². The molecular formula is C12H18BrNOS. The van der Waals surface area contributed by atoms with Gasteiger partial charge in [0.05, 0.1) is 0 Å². The highest BCUT2D eigenvalue weighted by Gasteiger charge is 2.03. The minimum Gasteiger partial charge on any atom is -0.310 e. The van der Waals surface area contributed by atoms with Crippen molar-refractivity contribution in [1.29, 1.82) is 0 Å². The van der Waals surface area contributed by atoms with E-state index in [4.69, 9.17) is 0 Å². The van der Waals surface area contributed by atoms with Gasteiger partial charge < -0.3 is 5.32 Å². The third-order valence-corrected chi connectivity index (χ3v) is 3.82. The lowest BCUT2D eigenvalue weighted by Gasteiger charge is -2.13. The van der Waals surface area contributed by atoms with Crippen molar-refractivity contribution in [2.45, 2.75) is 19.4 Å². The third-order valence-electron chi connectivity index (χ3n) is 2.43. The minimum absolute atomic E-state index is 0.346. The Bertz CT molecular complexity index is 339. The molecule has 0 aliphatic carbocycles. The van der Waals surface area contributed by atoms with Crippen molar-refractivity contribution in [3.63, 3.8) is 0 Å². The van der Waals surface area contributed by atoms with Crippen molar-refractivity contribution in [2.75, 3.05) is 18.6 Å². The van der Waals surface area contributed by atoms with E-state index in [9.17, 15) is 4.21 Å². The molecule has 0 amide bonds. The Morgan fingerprint density at radius 2 is 2.00 bits per heavy atom. The van der Waals surface area contributed by atoms with E-state index in [1.807, 2.05) is 0 Å². The van der Waals surface area contributed by atoms with Crippen LogP contribution in [0.1, 0.15) is 24.9 Å². The Morgan fingerprint density at radius 3 is 2.56 bits per heavy atom. The molecule has 0 radical (unpaired) electrons. The standard InChI is InChI=1S/C12H18BrNOS/c1-10(14-8-3-9-16(2)15)11-4-6-12(13)7-5-11/h4-7,10,14H,3,8-9H2,1-2H3. The molecule has 0 heterocycles. The highest BCUT2D eigenvalue weighted by Crippen LogP contribution is 2.16. The molecule has 16 heavy (non-hydrogen) atoms. The first kappa shape index (κ1) is 13.9. The molecule has 0 saturated heterocycles. The van der Waals surface area contributed by atoms with Crippen molar-refractivity contribution in [2.24, 2.45) is 0 Å². The topological polar surface area (TPSA) is 29.1 Å². The molecule has 0 bridgehead atoms. The molecule has 1 aromatic rings. The van der Waals surface area contributed by atoms with E-state index in [1.165, 1.54) is 5.56 Å². The van der Waals surface area contributed by atoms with Gasteiger partial charge in [0.1, 0.15) is 0 Å². The molecule has 0 fully saturated rings. The smallest absolute Gasteiger partial charge is 0.0291 e. The van der Waals surface area contributed by atoms with Gasteiger partial charge in [0.2, 0.25) is 0 Å². The fraction of sp³-hybridized carbons (Fsp3) is 0.500. The summed E-state index contributed by atoms with van der Waals surface area (Å²) in [5.41, 5.74) is 1.28. The van der Waals surface area contributed by atoms with Gasteiger partial charge in [0.25, 0.3) is 0 Å². The van der Waals surface area contributed by atoms with Gasteiger partial charge in [0, 0.05) is 33.3 Å². The molecule has 2 atom stereocenters. The molecule has 1 rings (SSSR count). The van der Waals surface area contributed by atoms with Crippen LogP contribution in [0, 0.1) is 0 Å². The zero-order chi connectivity index (χ0) is 12.0. The van der Waals surface area contributed by atoms with Crippen LogP contribution in [-0.2, 0) is 10.8 Å². The van der Waals surface area contributed by atoms with Crippen molar-refractivity contribution in [1.82, 2.24) is 5.32 Å². The molecule has 0 spiro atoms. The van der Waals surface area contributed by atoms with E-state index < -0.39 is 10.8 Å². The maximum Gasteiger partial charge on any atom is 0.0291 e. The van der Waals surface area contributed by atoms with Crippen molar-refractivity contribution in [3.8, 4) is 0 Å². The second-order valence-electron chi connectivity index (χ2n) is 3.86. The first-order valence-electron chi connectivity index (χ1n) is 5.38. The number of halogens is 1. The molecule has 0 aromatic heterocycles. The normalized spacial score (nSPS) is 14.7. The van der Waals surface area contributed by atoms with Gasteiger partial charge in [-0.3, -0.25) is 4.21 Å². The van der Waals surface area contributed by atoms with Crippen LogP contribution >= 0.6 is 15.9 Å². The maximum absolute atomic E-state index is 10.9. The molecule has 0 aliphatic rings. The molecule has 4 heteroatoms. The lowest BCUT2D eigenvalue weighted by atomic mass is 10.1. The number of rotatable bonds is 6. The number of nitrogens with one attached hydrogen (secondary N) is 1. The molecular weight excluding hydrogens is 286 g/mol. The molecule has 2 unspecified atom stereocenters. The van der Waals surface area contributed by atoms with Gasteiger partial charge in [-0.05, 0) is 37.6 Å². The van der Waals surface area contributed by atoms with Crippen molar-refractivity contribution in [3.05, 3.63) is 34.3 Å². The summed E-state index contributed by atoms with van der Waals surface area (Å²) in [6.07, 6.45) is 2.71. The third kappa shape index (κ3) is 5.23. The van der Waals surface area contributed by atoms with Crippen molar-refractivity contribution >= 4 is 26.7 Å². The summed E-state index contributed by atoms with van der Waals surface area (Å²) >= 11 is 3.42. The monoisotopic (exact) mass is 303 g/mol. The average Bonchev–Trinajstić information content (AvgIpc) is 2.25. The van der Waals surface area contributed by atoms with Crippen LogP contribution in [0.4, 0.5) is 0 Å². The highest BCUT2D eigenvalue weighted by molar-refractivity contribution is 9.10. The van der Waals surface area contributed by atoms with Crippen LogP contribution in [0.2, 0.25) is 0 Å². The fourth-order valence-corrected chi connectivity index (χ4v) is 2.28. The van der Waals surface area contributed by atoms with E-state index >= 15 is 0 Å². The van der Waals surface area contributed by atoms with Gasteiger partial charge >= 0.3 is 0 Å². The van der Waals surface area contributed by atoms with Gasteiger partial charge in [-0.1, -0.05) is 28.1 Å². The lowest BCUT2D eigenvalue weighted by molar-refractivity contribution is 0.570. The SMILES string of the molecule is CC(NCCCS(C)=O)c1ccc(Br)cc1. The largest absolute Gasteiger partial charge is 0.310 e. The Balaban J connectivity index is 2.32. The second kappa shape index (κ2) is 7.20. The molecule has 2 nitrogen and oxygen atoms in total.